The standard InChI is InChI=1S/C21H29N5O/c1-25-14-10-19(11-15-25)26(2)16-20(17-6-4-3-5-7-17)24-21(27)23-18-8-12-22-13-9-18/h3-9,12-13,19-20H,10-11,14-16H2,1-2H3,(H2,22,23,24,27)/t20-/m1/s1. The van der Waals surface area contributed by atoms with Gasteiger partial charge in [-0.1, -0.05) is 30.3 Å². The van der Waals surface area contributed by atoms with Crippen molar-refractivity contribution in [3.8, 4) is 0 Å². The highest BCUT2D eigenvalue weighted by Gasteiger charge is 2.24. The van der Waals surface area contributed by atoms with Crippen molar-refractivity contribution in [3.05, 3.63) is 60.4 Å². The van der Waals surface area contributed by atoms with Crippen molar-refractivity contribution < 1.29 is 4.79 Å². The van der Waals surface area contributed by atoms with Gasteiger partial charge in [0.25, 0.3) is 0 Å². The molecule has 2 N–H and O–H groups in total. The van der Waals surface area contributed by atoms with E-state index in [9.17, 15) is 4.79 Å². The number of nitrogens with one attached hydrogen (secondary N) is 2. The van der Waals surface area contributed by atoms with Crippen LogP contribution in [0.2, 0.25) is 0 Å². The number of anilines is 1. The van der Waals surface area contributed by atoms with Gasteiger partial charge in [-0.3, -0.25) is 4.98 Å². The van der Waals surface area contributed by atoms with E-state index in [0.29, 0.717) is 6.04 Å². The molecule has 2 aromatic rings. The van der Waals surface area contributed by atoms with Crippen molar-refractivity contribution in [2.45, 2.75) is 24.9 Å². The lowest BCUT2D eigenvalue weighted by atomic mass is 10.0. The molecule has 6 heteroatoms. The molecule has 0 saturated carbocycles. The van der Waals surface area contributed by atoms with Crippen LogP contribution in [0.25, 0.3) is 0 Å². The quantitative estimate of drug-likeness (QED) is 0.824. The zero-order valence-electron chi connectivity index (χ0n) is 16.1. The third-order valence-corrected chi connectivity index (χ3v) is 5.23. The number of hydrogen-bond donors (Lipinski definition) is 2. The van der Waals surface area contributed by atoms with Gasteiger partial charge in [-0.25, -0.2) is 4.79 Å². The zero-order valence-corrected chi connectivity index (χ0v) is 16.1. The Morgan fingerprint density at radius 2 is 1.85 bits per heavy atom. The first-order valence-corrected chi connectivity index (χ1v) is 9.53. The Balaban J connectivity index is 1.65. The molecule has 1 aliphatic rings. The number of hydrogen-bond acceptors (Lipinski definition) is 4. The minimum absolute atomic E-state index is 0.0716. The summed E-state index contributed by atoms with van der Waals surface area (Å²) in [5.41, 5.74) is 1.85. The molecule has 0 unspecified atom stereocenters. The molecule has 3 rings (SSSR count). The molecule has 1 aromatic carbocycles. The normalized spacial score (nSPS) is 16.9. The Bertz CT molecular complexity index is 701. The first-order chi connectivity index (χ1) is 13.1. The molecule has 1 fully saturated rings. The Labute approximate surface area is 161 Å². The average Bonchev–Trinajstić information content (AvgIpc) is 2.69. The average molecular weight is 367 g/mol. The Hall–Kier alpha value is -2.44. The third-order valence-electron chi connectivity index (χ3n) is 5.23. The van der Waals surface area contributed by atoms with Crippen molar-refractivity contribution in [1.82, 2.24) is 20.1 Å². The maximum atomic E-state index is 12.5. The molecule has 0 radical (unpaired) electrons. The monoisotopic (exact) mass is 367 g/mol. The first kappa shape index (κ1) is 19.3. The van der Waals surface area contributed by atoms with Gasteiger partial charge in [0.2, 0.25) is 0 Å². The van der Waals surface area contributed by atoms with Crippen molar-refractivity contribution in [3.63, 3.8) is 0 Å². The second-order valence-corrected chi connectivity index (χ2v) is 7.27. The number of carbonyl (C=O) groups excluding carboxylic acids is 1. The minimum Gasteiger partial charge on any atom is -0.330 e. The number of likely N-dealkylation sites (tertiary alicyclic amines) is 1. The van der Waals surface area contributed by atoms with E-state index < -0.39 is 0 Å². The predicted octanol–water partition coefficient (Wildman–Crippen LogP) is 2.97. The molecule has 1 atom stereocenters. The van der Waals surface area contributed by atoms with Crippen LogP contribution in [0.1, 0.15) is 24.4 Å². The largest absolute Gasteiger partial charge is 0.330 e. The summed E-state index contributed by atoms with van der Waals surface area (Å²) in [5, 5.41) is 6.02. The highest BCUT2D eigenvalue weighted by molar-refractivity contribution is 5.89. The van der Waals surface area contributed by atoms with E-state index in [1.807, 2.05) is 18.2 Å². The number of rotatable bonds is 6. The fourth-order valence-corrected chi connectivity index (χ4v) is 3.55. The van der Waals surface area contributed by atoms with Gasteiger partial charge >= 0.3 is 6.03 Å². The molecule has 0 aliphatic carbocycles. The molecule has 6 nitrogen and oxygen atoms in total. The van der Waals surface area contributed by atoms with Crippen molar-refractivity contribution in [2.24, 2.45) is 0 Å². The number of nitrogens with zero attached hydrogens (tertiary/aromatic N) is 3. The number of urea groups is 1. The van der Waals surface area contributed by atoms with Crippen molar-refractivity contribution in [2.75, 3.05) is 39.0 Å². The van der Waals surface area contributed by atoms with Gasteiger partial charge in [0, 0.05) is 30.7 Å². The molecular weight excluding hydrogens is 338 g/mol. The van der Waals surface area contributed by atoms with Crippen LogP contribution in [-0.4, -0.2) is 60.6 Å². The lowest BCUT2D eigenvalue weighted by Crippen LogP contribution is -2.46. The van der Waals surface area contributed by atoms with Crippen LogP contribution in [0.15, 0.2) is 54.9 Å². The molecule has 0 bridgehead atoms. The highest BCUT2D eigenvalue weighted by Crippen LogP contribution is 2.19. The highest BCUT2D eigenvalue weighted by atomic mass is 16.2. The van der Waals surface area contributed by atoms with Crippen LogP contribution >= 0.6 is 0 Å². The molecule has 1 aliphatic heterocycles. The summed E-state index contributed by atoms with van der Waals surface area (Å²) >= 11 is 0. The number of amides is 2. The van der Waals surface area contributed by atoms with E-state index in [-0.39, 0.29) is 12.1 Å². The molecule has 2 heterocycles. The van der Waals surface area contributed by atoms with Crippen LogP contribution in [0.5, 0.6) is 0 Å². The van der Waals surface area contributed by atoms with Gasteiger partial charge in [0.05, 0.1) is 6.04 Å². The number of pyridine rings is 1. The molecule has 1 aromatic heterocycles. The Morgan fingerprint density at radius 1 is 1.19 bits per heavy atom. The van der Waals surface area contributed by atoms with Gasteiger partial charge in [-0.2, -0.15) is 0 Å². The number of likely N-dealkylation sites (N-methyl/N-ethyl adjacent to an activating group) is 1. The second kappa shape index (κ2) is 9.48. The molecule has 2 amide bonds. The summed E-state index contributed by atoms with van der Waals surface area (Å²) in [5.74, 6) is 0. The van der Waals surface area contributed by atoms with Crippen LogP contribution in [0.3, 0.4) is 0 Å². The maximum Gasteiger partial charge on any atom is 0.319 e. The minimum atomic E-state index is -0.202. The third kappa shape index (κ3) is 5.77. The van der Waals surface area contributed by atoms with E-state index >= 15 is 0 Å². The number of carbonyl (C=O) groups is 1. The second-order valence-electron chi connectivity index (χ2n) is 7.27. The van der Waals surface area contributed by atoms with E-state index in [0.717, 1.165) is 43.7 Å². The lowest BCUT2D eigenvalue weighted by molar-refractivity contribution is 0.135. The van der Waals surface area contributed by atoms with E-state index in [1.54, 1.807) is 24.5 Å². The summed E-state index contributed by atoms with van der Waals surface area (Å²) in [4.78, 5) is 21.3. The number of piperidine rings is 1. The first-order valence-electron chi connectivity index (χ1n) is 9.53. The number of aromatic nitrogens is 1. The van der Waals surface area contributed by atoms with Crippen LogP contribution in [-0.2, 0) is 0 Å². The van der Waals surface area contributed by atoms with Gasteiger partial charge in [0.1, 0.15) is 0 Å². The summed E-state index contributed by atoms with van der Waals surface area (Å²) in [7, 11) is 4.34. The fraction of sp³-hybridized carbons (Fsp3) is 0.429. The van der Waals surface area contributed by atoms with Crippen molar-refractivity contribution >= 4 is 11.7 Å². The zero-order chi connectivity index (χ0) is 19.1. The Morgan fingerprint density at radius 3 is 2.52 bits per heavy atom. The van der Waals surface area contributed by atoms with Gasteiger partial charge in [-0.05, 0) is 57.7 Å². The molecule has 0 spiro atoms. The summed E-state index contributed by atoms with van der Waals surface area (Å²) in [6, 6.07) is 14.0. The number of benzene rings is 1. The van der Waals surface area contributed by atoms with Gasteiger partial charge in [-0.15, -0.1) is 0 Å². The topological polar surface area (TPSA) is 60.5 Å². The lowest BCUT2D eigenvalue weighted by Gasteiger charge is -2.37. The SMILES string of the molecule is CN1CCC(N(C)C[C@@H](NC(=O)Nc2ccncc2)c2ccccc2)CC1. The maximum absolute atomic E-state index is 12.5. The summed E-state index contributed by atoms with van der Waals surface area (Å²) in [6.07, 6.45) is 5.66. The van der Waals surface area contributed by atoms with Crippen LogP contribution in [0, 0.1) is 0 Å². The fourth-order valence-electron chi connectivity index (χ4n) is 3.55. The summed E-state index contributed by atoms with van der Waals surface area (Å²) < 4.78 is 0. The molecular formula is C21H29N5O. The Kier molecular flexibility index (Phi) is 6.79. The van der Waals surface area contributed by atoms with Crippen LogP contribution in [0.4, 0.5) is 10.5 Å². The molecule has 27 heavy (non-hydrogen) atoms. The van der Waals surface area contributed by atoms with Gasteiger partial charge in [0.15, 0.2) is 0 Å². The van der Waals surface area contributed by atoms with Crippen LogP contribution < -0.4 is 10.6 Å². The van der Waals surface area contributed by atoms with E-state index in [4.69, 9.17) is 0 Å². The van der Waals surface area contributed by atoms with Gasteiger partial charge < -0.3 is 20.4 Å². The smallest absolute Gasteiger partial charge is 0.319 e. The van der Waals surface area contributed by atoms with Crippen molar-refractivity contribution in [1.29, 1.82) is 0 Å². The van der Waals surface area contributed by atoms with E-state index in [1.165, 1.54) is 0 Å². The summed E-state index contributed by atoms with van der Waals surface area (Å²) in [6.45, 7) is 3.03. The predicted molar refractivity (Wildman–Crippen MR) is 109 cm³/mol. The molecule has 1 saturated heterocycles. The van der Waals surface area contributed by atoms with E-state index in [2.05, 4.69) is 51.6 Å². The molecule has 144 valence electrons.